The van der Waals surface area contributed by atoms with Crippen molar-refractivity contribution in [2.45, 2.75) is 18.9 Å². The fraction of sp³-hybridized carbons (Fsp3) is 0.500. The first kappa shape index (κ1) is 17.6. The van der Waals surface area contributed by atoms with Gasteiger partial charge in [0.2, 0.25) is 0 Å². The van der Waals surface area contributed by atoms with E-state index in [1.54, 1.807) is 44.2 Å². The Hall–Kier alpha value is -1.79. The standard InChI is InChI=1S/C16H22ClN3O3/c1-19(2)15(21)13-7-6-11(9-14(13)17)18-16(22)20(3)10-12-5-4-8-23-12/h6-7,9,12H,4-5,8,10H2,1-3H3,(H,18,22)/t12-/m0/s1. The van der Waals surface area contributed by atoms with Gasteiger partial charge in [0, 0.05) is 40.0 Å². The van der Waals surface area contributed by atoms with E-state index in [9.17, 15) is 9.59 Å². The molecule has 1 aliphatic rings. The molecule has 1 heterocycles. The first-order valence-electron chi connectivity index (χ1n) is 7.53. The Morgan fingerprint density at radius 2 is 2.09 bits per heavy atom. The van der Waals surface area contributed by atoms with Crippen molar-refractivity contribution in [2.75, 3.05) is 39.6 Å². The zero-order chi connectivity index (χ0) is 17.0. The van der Waals surface area contributed by atoms with E-state index in [1.165, 1.54) is 4.90 Å². The molecule has 1 aromatic rings. The number of hydrogen-bond donors (Lipinski definition) is 1. The molecule has 0 unspecified atom stereocenters. The summed E-state index contributed by atoms with van der Waals surface area (Å²) >= 11 is 6.14. The van der Waals surface area contributed by atoms with Crippen LogP contribution in [0.4, 0.5) is 10.5 Å². The van der Waals surface area contributed by atoms with E-state index in [-0.39, 0.29) is 18.0 Å². The number of nitrogens with zero attached hydrogens (tertiary/aromatic N) is 2. The minimum Gasteiger partial charge on any atom is -0.376 e. The molecule has 23 heavy (non-hydrogen) atoms. The van der Waals surface area contributed by atoms with Crippen molar-refractivity contribution in [3.8, 4) is 0 Å². The molecule has 126 valence electrons. The van der Waals surface area contributed by atoms with Gasteiger partial charge in [-0.1, -0.05) is 11.6 Å². The minimum absolute atomic E-state index is 0.106. The molecule has 1 aliphatic heterocycles. The van der Waals surface area contributed by atoms with Crippen LogP contribution in [0, 0.1) is 0 Å². The smallest absolute Gasteiger partial charge is 0.321 e. The van der Waals surface area contributed by atoms with Gasteiger partial charge in [-0.15, -0.1) is 0 Å². The molecule has 0 aliphatic carbocycles. The van der Waals surface area contributed by atoms with E-state index in [2.05, 4.69) is 5.32 Å². The fourth-order valence-corrected chi connectivity index (χ4v) is 2.66. The van der Waals surface area contributed by atoms with E-state index in [4.69, 9.17) is 16.3 Å². The Labute approximate surface area is 141 Å². The summed E-state index contributed by atoms with van der Waals surface area (Å²) in [5, 5.41) is 3.08. The molecule has 0 bridgehead atoms. The van der Waals surface area contributed by atoms with Gasteiger partial charge in [0.25, 0.3) is 5.91 Å². The average molecular weight is 340 g/mol. The lowest BCUT2D eigenvalue weighted by atomic mass is 10.2. The molecule has 6 nitrogen and oxygen atoms in total. The summed E-state index contributed by atoms with van der Waals surface area (Å²) < 4.78 is 5.52. The predicted molar refractivity (Wildman–Crippen MR) is 90.1 cm³/mol. The quantitative estimate of drug-likeness (QED) is 0.917. The second-order valence-corrected chi connectivity index (χ2v) is 6.25. The highest BCUT2D eigenvalue weighted by Crippen LogP contribution is 2.22. The number of likely N-dealkylation sites (N-methyl/N-ethyl adjacent to an activating group) is 1. The zero-order valence-corrected chi connectivity index (χ0v) is 14.4. The minimum atomic E-state index is -0.233. The van der Waals surface area contributed by atoms with Gasteiger partial charge in [-0.25, -0.2) is 4.79 Å². The molecule has 1 fully saturated rings. The van der Waals surface area contributed by atoms with Crippen LogP contribution < -0.4 is 5.32 Å². The lowest BCUT2D eigenvalue weighted by molar-refractivity contribution is 0.0827. The normalized spacial score (nSPS) is 17.0. The topological polar surface area (TPSA) is 61.9 Å². The molecule has 7 heteroatoms. The van der Waals surface area contributed by atoms with Crippen LogP contribution in [0.3, 0.4) is 0 Å². The van der Waals surface area contributed by atoms with Crippen LogP contribution in [0.25, 0.3) is 0 Å². The van der Waals surface area contributed by atoms with E-state index in [1.807, 2.05) is 0 Å². The van der Waals surface area contributed by atoms with Gasteiger partial charge in [-0.05, 0) is 31.0 Å². The molecule has 0 radical (unpaired) electrons. The summed E-state index contributed by atoms with van der Waals surface area (Å²) in [5.74, 6) is -0.177. The van der Waals surface area contributed by atoms with E-state index >= 15 is 0 Å². The van der Waals surface area contributed by atoms with Crippen molar-refractivity contribution >= 4 is 29.2 Å². The van der Waals surface area contributed by atoms with E-state index in [0.717, 1.165) is 19.4 Å². The van der Waals surface area contributed by atoms with Crippen molar-refractivity contribution < 1.29 is 14.3 Å². The van der Waals surface area contributed by atoms with Gasteiger partial charge in [0.15, 0.2) is 0 Å². The largest absolute Gasteiger partial charge is 0.376 e. The highest BCUT2D eigenvalue weighted by molar-refractivity contribution is 6.34. The van der Waals surface area contributed by atoms with Gasteiger partial charge in [-0.2, -0.15) is 0 Å². The third-order valence-electron chi connectivity index (χ3n) is 3.71. The average Bonchev–Trinajstić information content (AvgIpc) is 2.99. The predicted octanol–water partition coefficient (Wildman–Crippen LogP) is 2.68. The Balaban J connectivity index is 1.98. The maximum Gasteiger partial charge on any atom is 0.321 e. The van der Waals surface area contributed by atoms with Crippen LogP contribution in [-0.2, 0) is 4.74 Å². The molecular formula is C16H22ClN3O3. The Morgan fingerprint density at radius 1 is 1.35 bits per heavy atom. The highest BCUT2D eigenvalue weighted by atomic mass is 35.5. The summed E-state index contributed by atoms with van der Waals surface area (Å²) in [5.41, 5.74) is 0.955. The molecule has 0 saturated carbocycles. The summed E-state index contributed by atoms with van der Waals surface area (Å²) in [6.45, 7) is 1.31. The van der Waals surface area contributed by atoms with Crippen molar-refractivity contribution in [1.82, 2.24) is 9.80 Å². The highest BCUT2D eigenvalue weighted by Gasteiger charge is 2.20. The number of halogens is 1. The van der Waals surface area contributed by atoms with Gasteiger partial charge in [0.1, 0.15) is 0 Å². The summed E-state index contributed by atoms with van der Waals surface area (Å²) in [6.07, 6.45) is 2.12. The molecule has 3 amide bonds. The summed E-state index contributed by atoms with van der Waals surface area (Å²) in [6, 6.07) is 4.62. The number of rotatable bonds is 4. The SMILES string of the molecule is CN(C)C(=O)c1ccc(NC(=O)N(C)C[C@@H]2CCCO2)cc1Cl. The van der Waals surface area contributed by atoms with Crippen LogP contribution in [0.2, 0.25) is 5.02 Å². The number of carbonyl (C=O) groups excluding carboxylic acids is 2. The van der Waals surface area contributed by atoms with Gasteiger partial charge in [0.05, 0.1) is 16.7 Å². The maximum atomic E-state index is 12.2. The lowest BCUT2D eigenvalue weighted by Gasteiger charge is -2.21. The summed E-state index contributed by atoms with van der Waals surface area (Å²) in [7, 11) is 5.05. The third kappa shape index (κ3) is 4.59. The second kappa shape index (κ2) is 7.66. The van der Waals surface area contributed by atoms with Gasteiger partial charge >= 0.3 is 6.03 Å². The van der Waals surface area contributed by atoms with Crippen LogP contribution in [0.15, 0.2) is 18.2 Å². The third-order valence-corrected chi connectivity index (χ3v) is 4.02. The number of urea groups is 1. The molecule has 0 aromatic heterocycles. The first-order valence-corrected chi connectivity index (χ1v) is 7.91. The van der Waals surface area contributed by atoms with E-state index in [0.29, 0.717) is 22.8 Å². The van der Waals surface area contributed by atoms with Gasteiger partial charge in [-0.3, -0.25) is 4.79 Å². The second-order valence-electron chi connectivity index (χ2n) is 5.84. The maximum absolute atomic E-state index is 12.2. The fourth-order valence-electron chi connectivity index (χ4n) is 2.40. The van der Waals surface area contributed by atoms with E-state index < -0.39 is 0 Å². The Kier molecular flexibility index (Phi) is 5.85. The number of hydrogen-bond acceptors (Lipinski definition) is 3. The van der Waals surface area contributed by atoms with Crippen molar-refractivity contribution in [3.63, 3.8) is 0 Å². The molecule has 1 N–H and O–H groups in total. The first-order chi connectivity index (χ1) is 10.9. The van der Waals surface area contributed by atoms with Crippen molar-refractivity contribution in [1.29, 1.82) is 0 Å². The zero-order valence-electron chi connectivity index (χ0n) is 13.6. The number of anilines is 1. The molecule has 1 atom stereocenters. The molecular weight excluding hydrogens is 318 g/mol. The molecule has 1 aromatic carbocycles. The van der Waals surface area contributed by atoms with Gasteiger partial charge < -0.3 is 19.9 Å². The van der Waals surface area contributed by atoms with Crippen LogP contribution in [0.1, 0.15) is 23.2 Å². The van der Waals surface area contributed by atoms with Crippen LogP contribution >= 0.6 is 11.6 Å². The Bertz CT molecular complexity index is 586. The molecule has 1 saturated heterocycles. The molecule has 0 spiro atoms. The monoisotopic (exact) mass is 339 g/mol. The van der Waals surface area contributed by atoms with Crippen molar-refractivity contribution in [2.24, 2.45) is 0 Å². The number of nitrogens with one attached hydrogen (secondary N) is 1. The number of amides is 3. The Morgan fingerprint density at radius 3 is 2.65 bits per heavy atom. The number of ether oxygens (including phenoxy) is 1. The summed E-state index contributed by atoms with van der Waals surface area (Å²) in [4.78, 5) is 27.2. The lowest BCUT2D eigenvalue weighted by Crippen LogP contribution is -2.37. The van der Waals surface area contributed by atoms with Crippen LogP contribution in [0.5, 0.6) is 0 Å². The van der Waals surface area contributed by atoms with Crippen molar-refractivity contribution in [3.05, 3.63) is 28.8 Å². The van der Waals surface area contributed by atoms with Crippen LogP contribution in [-0.4, -0.2) is 62.1 Å². The molecule has 2 rings (SSSR count). The number of benzene rings is 1. The number of carbonyl (C=O) groups is 2.